The van der Waals surface area contributed by atoms with E-state index in [-0.39, 0.29) is 28.6 Å². The number of aryl methyl sites for hydroxylation is 1. The van der Waals surface area contributed by atoms with E-state index in [1.807, 2.05) is 33.8 Å². The van der Waals surface area contributed by atoms with E-state index in [1.54, 1.807) is 26.1 Å². The van der Waals surface area contributed by atoms with Gasteiger partial charge in [0.05, 0.1) is 6.04 Å². The summed E-state index contributed by atoms with van der Waals surface area (Å²) in [6, 6.07) is 8.40. The minimum Gasteiger partial charge on any atom is -0.358 e. The number of carbonyl (C=O) groups is 2. The van der Waals surface area contributed by atoms with Crippen LogP contribution in [0.1, 0.15) is 91.3 Å². The highest BCUT2D eigenvalue weighted by molar-refractivity contribution is 5.98. The maximum Gasteiger partial charge on any atom is 0.303 e. The van der Waals surface area contributed by atoms with E-state index in [0.29, 0.717) is 18.3 Å². The maximum absolute atomic E-state index is 13.0. The van der Waals surface area contributed by atoms with Crippen LogP contribution in [-0.2, 0) is 30.9 Å². The number of hydrogen-bond donors (Lipinski definition) is 1. The summed E-state index contributed by atoms with van der Waals surface area (Å²) < 4.78 is 12.6. The Labute approximate surface area is 262 Å². The Kier molecular flexibility index (Phi) is 8.62. The van der Waals surface area contributed by atoms with E-state index in [4.69, 9.17) is 9.47 Å². The normalized spacial score (nSPS) is 32.9. The summed E-state index contributed by atoms with van der Waals surface area (Å²) in [6.07, 6.45) is 9.06. The number of amides is 1. The molecule has 6 rings (SSSR count). The van der Waals surface area contributed by atoms with Crippen molar-refractivity contribution in [3.05, 3.63) is 52.1 Å². The zero-order valence-electron chi connectivity index (χ0n) is 28.1. The molecule has 2 fully saturated rings. The van der Waals surface area contributed by atoms with Crippen molar-refractivity contribution in [1.82, 2.24) is 9.88 Å². The second-order valence-corrected chi connectivity index (χ2v) is 15.1. The largest absolute Gasteiger partial charge is 0.358 e. The number of nitrogens with zero attached hydrogens (tertiary/aromatic N) is 2. The van der Waals surface area contributed by atoms with Gasteiger partial charge < -0.3 is 14.5 Å². The summed E-state index contributed by atoms with van der Waals surface area (Å²) in [5.74, 6) is 0.0258. The zero-order chi connectivity index (χ0) is 32.2. The van der Waals surface area contributed by atoms with Crippen molar-refractivity contribution in [2.24, 2.45) is 28.3 Å². The van der Waals surface area contributed by atoms with Crippen molar-refractivity contribution in [1.29, 1.82) is 0 Å². The minimum absolute atomic E-state index is 0.0271. The SMILES string of the molecule is CC(C)C[C@@H](C(=O)N=O)N(C)C.CO[C@]12CC[C@@]3(C)C(CC[C@H]4CCc5c([nH]c6ccccc56)[C@@]43C)C1=CC(=O)C(C)(C)O2. The number of nitrogens with one attached hydrogen (secondary N) is 1. The second kappa shape index (κ2) is 11.6. The van der Waals surface area contributed by atoms with Gasteiger partial charge >= 0.3 is 5.91 Å². The Hall–Kier alpha value is -2.68. The van der Waals surface area contributed by atoms with Crippen LogP contribution in [0.25, 0.3) is 10.9 Å². The van der Waals surface area contributed by atoms with Gasteiger partial charge in [0.1, 0.15) is 5.60 Å². The van der Waals surface area contributed by atoms with Gasteiger partial charge in [-0.1, -0.05) is 45.9 Å². The van der Waals surface area contributed by atoms with E-state index < -0.39 is 17.3 Å². The van der Waals surface area contributed by atoms with E-state index in [0.717, 1.165) is 31.3 Å². The summed E-state index contributed by atoms with van der Waals surface area (Å²) in [4.78, 5) is 39.6. The molecule has 44 heavy (non-hydrogen) atoms. The molecule has 4 aliphatic rings. The fourth-order valence-electron chi connectivity index (χ4n) is 9.11. The van der Waals surface area contributed by atoms with Crippen LogP contribution in [0.15, 0.2) is 41.1 Å². The number of likely N-dealkylation sites (N-methyl/N-ethyl adjacent to an activating group) is 1. The molecule has 2 aromatic rings. The number of benzene rings is 1. The molecule has 3 aliphatic carbocycles. The molecule has 2 heterocycles. The van der Waals surface area contributed by atoms with Crippen molar-refractivity contribution in [3.8, 4) is 0 Å². The van der Waals surface area contributed by atoms with Crippen molar-refractivity contribution < 1.29 is 19.1 Å². The van der Waals surface area contributed by atoms with E-state index in [1.165, 1.54) is 35.0 Å². The molecule has 0 saturated heterocycles. The average Bonchev–Trinajstić information content (AvgIpc) is 3.37. The quantitative estimate of drug-likeness (QED) is 0.365. The molecule has 6 atom stereocenters. The molecule has 1 aromatic carbocycles. The van der Waals surface area contributed by atoms with Crippen molar-refractivity contribution >= 4 is 22.6 Å². The average molecular weight is 606 g/mol. The number of para-hydroxylation sites is 1. The molecule has 1 N–H and O–H groups in total. The Morgan fingerprint density at radius 3 is 2.45 bits per heavy atom. The number of aromatic amines is 1. The van der Waals surface area contributed by atoms with Gasteiger partial charge in [0.15, 0.2) is 11.6 Å². The molecule has 0 bridgehead atoms. The summed E-state index contributed by atoms with van der Waals surface area (Å²) >= 11 is 0. The topological polar surface area (TPSA) is 101 Å². The van der Waals surface area contributed by atoms with Gasteiger partial charge in [-0.25, -0.2) is 0 Å². The lowest BCUT2D eigenvalue weighted by atomic mass is 9.41. The molecule has 0 spiro atoms. The summed E-state index contributed by atoms with van der Waals surface area (Å²) in [5.41, 5.74) is 4.51. The van der Waals surface area contributed by atoms with Gasteiger partial charge in [-0.15, -0.1) is 4.91 Å². The van der Waals surface area contributed by atoms with Gasteiger partial charge in [0.25, 0.3) is 0 Å². The Morgan fingerprint density at radius 2 is 1.82 bits per heavy atom. The van der Waals surface area contributed by atoms with Gasteiger partial charge in [0, 0.05) is 40.7 Å². The molecular formula is C36H51N3O5. The van der Waals surface area contributed by atoms with Crippen LogP contribution in [-0.4, -0.2) is 60.2 Å². The number of nitroso groups, excluding NO2 is 1. The lowest BCUT2D eigenvalue weighted by molar-refractivity contribution is -0.274. The van der Waals surface area contributed by atoms with Gasteiger partial charge in [-0.3, -0.25) is 14.5 Å². The third-order valence-corrected chi connectivity index (χ3v) is 11.8. The summed E-state index contributed by atoms with van der Waals surface area (Å²) in [5, 5.41) is 3.81. The smallest absolute Gasteiger partial charge is 0.303 e. The number of methoxy groups -OCH3 is 1. The highest BCUT2D eigenvalue weighted by Crippen LogP contribution is 2.68. The maximum atomic E-state index is 13.0. The summed E-state index contributed by atoms with van der Waals surface area (Å²) in [6.45, 7) is 12.7. The zero-order valence-corrected chi connectivity index (χ0v) is 28.1. The first-order chi connectivity index (χ1) is 20.6. The number of H-pyrrole nitrogens is 1. The Balaban J connectivity index is 0.000000274. The van der Waals surface area contributed by atoms with Crippen LogP contribution in [0.4, 0.5) is 0 Å². The number of rotatable bonds is 5. The van der Waals surface area contributed by atoms with E-state index in [2.05, 4.69) is 48.3 Å². The van der Waals surface area contributed by atoms with E-state index >= 15 is 0 Å². The molecule has 0 radical (unpaired) electrons. The highest BCUT2D eigenvalue weighted by Gasteiger charge is 2.66. The lowest BCUT2D eigenvalue weighted by Crippen LogP contribution is -2.64. The molecule has 1 aliphatic heterocycles. The Morgan fingerprint density at radius 1 is 1.11 bits per heavy atom. The molecule has 2 saturated carbocycles. The van der Waals surface area contributed by atoms with Crippen molar-refractivity contribution in [2.75, 3.05) is 21.2 Å². The standard InChI is InChI=1S/C28H35NO3.C8H16N2O2/c1-25(2)23(30)16-21-20-13-11-17-10-12-19-18-8-6-7-9-22(18)29-24(19)27(17,4)26(20,3)14-15-28(21,31-5)32-25;1-6(2)5-7(10(3)4)8(11)9-12/h6-9,16-17,20,29H,10-15H2,1-5H3;6-7H,5H2,1-4H3/t17-,20?,26+,27-,28+;7-/m10/s1. The molecule has 8 nitrogen and oxygen atoms in total. The molecule has 8 heteroatoms. The van der Waals surface area contributed by atoms with Crippen LogP contribution in [0.5, 0.6) is 0 Å². The summed E-state index contributed by atoms with van der Waals surface area (Å²) in [7, 11) is 5.29. The highest BCUT2D eigenvalue weighted by atomic mass is 16.7. The predicted molar refractivity (Wildman–Crippen MR) is 173 cm³/mol. The van der Waals surface area contributed by atoms with Gasteiger partial charge in [0.2, 0.25) is 0 Å². The third-order valence-electron chi connectivity index (χ3n) is 11.8. The fraction of sp³-hybridized carbons (Fsp3) is 0.667. The second-order valence-electron chi connectivity index (χ2n) is 15.1. The van der Waals surface area contributed by atoms with Crippen LogP contribution in [0.2, 0.25) is 0 Å². The first-order valence-electron chi connectivity index (χ1n) is 16.3. The lowest BCUT2D eigenvalue weighted by Gasteiger charge is -2.65. The molecule has 240 valence electrons. The van der Waals surface area contributed by atoms with Gasteiger partial charge in [-0.05, 0) is 113 Å². The van der Waals surface area contributed by atoms with Gasteiger partial charge in [-0.2, -0.15) is 0 Å². The van der Waals surface area contributed by atoms with E-state index in [9.17, 15) is 14.5 Å². The minimum atomic E-state index is -0.844. The first-order valence-corrected chi connectivity index (χ1v) is 16.3. The number of carbonyl (C=O) groups excluding carboxylic acids is 2. The van der Waals surface area contributed by atoms with Crippen LogP contribution in [0, 0.1) is 28.1 Å². The monoisotopic (exact) mass is 605 g/mol. The fourth-order valence-corrected chi connectivity index (χ4v) is 9.11. The van der Waals surface area contributed by atoms with Crippen LogP contribution < -0.4 is 0 Å². The van der Waals surface area contributed by atoms with Crippen LogP contribution in [0.3, 0.4) is 0 Å². The van der Waals surface area contributed by atoms with Crippen molar-refractivity contribution in [2.45, 2.75) is 109 Å². The number of aromatic nitrogens is 1. The number of ketones is 1. The van der Waals surface area contributed by atoms with Crippen LogP contribution >= 0.6 is 0 Å². The molecule has 1 aromatic heterocycles. The Bertz CT molecular complexity index is 1470. The number of fused-ring (bicyclic) bond motifs is 9. The first kappa shape index (κ1) is 32.7. The third kappa shape index (κ3) is 5.01. The molecular weight excluding hydrogens is 554 g/mol. The number of ether oxygens (including phenoxy) is 2. The predicted octanol–water partition coefficient (Wildman–Crippen LogP) is 7.10. The molecule has 1 amide bonds. The molecule has 1 unspecified atom stereocenters. The number of hydrogen-bond acceptors (Lipinski definition) is 6. The van der Waals surface area contributed by atoms with Crippen molar-refractivity contribution in [3.63, 3.8) is 0 Å².